The molecule has 0 unspecified atom stereocenters. The van der Waals surface area contributed by atoms with Crippen LogP contribution in [0.5, 0.6) is 0 Å². The minimum Gasteiger partial charge on any atom is -0.0884 e. The van der Waals surface area contributed by atoms with Gasteiger partial charge in [0.05, 0.1) is 0 Å². The van der Waals surface area contributed by atoms with E-state index in [9.17, 15) is 0 Å². The second-order valence-electron chi connectivity index (χ2n) is 3.75. The summed E-state index contributed by atoms with van der Waals surface area (Å²) in [7, 11) is 0. The molecule has 2 heteroatoms. The van der Waals surface area contributed by atoms with Crippen molar-refractivity contribution >= 4 is 27.7 Å². The summed E-state index contributed by atoms with van der Waals surface area (Å²) in [6.45, 7) is 4.32. The smallest absolute Gasteiger partial charge is 0.0314 e. The Morgan fingerprint density at radius 2 is 1.50 bits per heavy atom. The summed E-state index contributed by atoms with van der Waals surface area (Å²) < 4.78 is 1.16. The van der Waals surface area contributed by atoms with E-state index in [0.717, 1.165) is 4.47 Å². The van der Waals surface area contributed by atoms with E-state index in [1.54, 1.807) is 0 Å². The maximum atomic E-state index is 3.58. The van der Waals surface area contributed by atoms with Crippen LogP contribution >= 0.6 is 27.7 Å². The highest BCUT2D eigenvalue weighted by Gasteiger charge is 2.06. The highest BCUT2D eigenvalue weighted by Crippen LogP contribution is 2.36. The first-order chi connectivity index (χ1) is 7.68. The van der Waals surface area contributed by atoms with Crippen LogP contribution in [-0.4, -0.2) is 0 Å². The third-order valence-corrected chi connectivity index (χ3v) is 4.84. The highest BCUT2D eigenvalue weighted by molar-refractivity contribution is 9.10. The molecule has 0 nitrogen and oxygen atoms in total. The summed E-state index contributed by atoms with van der Waals surface area (Å²) in [5.41, 5.74) is 2.67. The number of benzene rings is 2. The Kier molecular flexibility index (Phi) is 3.72. The SMILES string of the molecule is Cc1cccc(C)c1Sc1ccccc1Br. The average Bonchev–Trinajstić information content (AvgIpc) is 2.26. The van der Waals surface area contributed by atoms with Crippen LogP contribution in [0.25, 0.3) is 0 Å². The lowest BCUT2D eigenvalue weighted by Gasteiger charge is -2.10. The molecule has 0 bridgehead atoms. The van der Waals surface area contributed by atoms with Crippen molar-refractivity contribution in [1.29, 1.82) is 0 Å². The van der Waals surface area contributed by atoms with Gasteiger partial charge in [0.1, 0.15) is 0 Å². The molecule has 0 aromatic heterocycles. The van der Waals surface area contributed by atoms with E-state index in [0.29, 0.717) is 0 Å². The molecule has 82 valence electrons. The zero-order valence-electron chi connectivity index (χ0n) is 9.33. The van der Waals surface area contributed by atoms with Crippen molar-refractivity contribution in [1.82, 2.24) is 0 Å². The molecule has 0 amide bonds. The molecule has 0 spiro atoms. The standard InChI is InChI=1S/C14H13BrS/c1-10-6-5-7-11(2)14(10)16-13-9-4-3-8-12(13)15/h3-9H,1-2H3. The van der Waals surface area contributed by atoms with Gasteiger partial charge >= 0.3 is 0 Å². The second-order valence-corrected chi connectivity index (χ2v) is 5.66. The second kappa shape index (κ2) is 5.07. The van der Waals surface area contributed by atoms with Crippen LogP contribution in [0.15, 0.2) is 56.7 Å². The summed E-state index contributed by atoms with van der Waals surface area (Å²) in [4.78, 5) is 2.62. The minimum absolute atomic E-state index is 1.16. The third kappa shape index (κ3) is 2.50. The maximum Gasteiger partial charge on any atom is 0.0314 e. The quantitative estimate of drug-likeness (QED) is 0.731. The summed E-state index contributed by atoms with van der Waals surface area (Å²) in [6, 6.07) is 14.8. The molecule has 0 aliphatic rings. The van der Waals surface area contributed by atoms with E-state index in [1.807, 2.05) is 17.8 Å². The van der Waals surface area contributed by atoms with Gasteiger partial charge < -0.3 is 0 Å². The van der Waals surface area contributed by atoms with Crippen molar-refractivity contribution in [2.45, 2.75) is 23.6 Å². The molecule has 0 fully saturated rings. The fraction of sp³-hybridized carbons (Fsp3) is 0.143. The molecule has 0 heterocycles. The molecular formula is C14H13BrS. The molecule has 2 aromatic carbocycles. The molecule has 0 radical (unpaired) electrons. The Morgan fingerprint density at radius 3 is 2.12 bits per heavy atom. The Hall–Kier alpha value is -0.730. The van der Waals surface area contributed by atoms with Crippen molar-refractivity contribution in [3.8, 4) is 0 Å². The lowest BCUT2D eigenvalue weighted by molar-refractivity contribution is 1.21. The van der Waals surface area contributed by atoms with Crippen LogP contribution in [-0.2, 0) is 0 Å². The number of rotatable bonds is 2. The van der Waals surface area contributed by atoms with Crippen molar-refractivity contribution in [2.24, 2.45) is 0 Å². The molecule has 0 saturated heterocycles. The van der Waals surface area contributed by atoms with E-state index in [4.69, 9.17) is 0 Å². The van der Waals surface area contributed by atoms with Crippen LogP contribution in [0.3, 0.4) is 0 Å². The van der Waals surface area contributed by atoms with Crippen LogP contribution in [0.1, 0.15) is 11.1 Å². The number of aryl methyl sites for hydroxylation is 2. The minimum atomic E-state index is 1.16. The first-order valence-electron chi connectivity index (χ1n) is 5.17. The fourth-order valence-electron chi connectivity index (χ4n) is 1.60. The van der Waals surface area contributed by atoms with Crippen molar-refractivity contribution in [2.75, 3.05) is 0 Å². The Bertz CT molecular complexity index is 486. The van der Waals surface area contributed by atoms with Gasteiger partial charge in [-0.2, -0.15) is 0 Å². The van der Waals surface area contributed by atoms with Crippen molar-refractivity contribution < 1.29 is 0 Å². The van der Waals surface area contributed by atoms with E-state index in [1.165, 1.54) is 20.9 Å². The molecule has 2 aromatic rings. The number of hydrogen-bond acceptors (Lipinski definition) is 1. The molecule has 2 rings (SSSR count). The number of halogens is 1. The van der Waals surface area contributed by atoms with Gasteiger partial charge in [0, 0.05) is 14.3 Å². The Balaban J connectivity index is 2.38. The fourth-order valence-corrected chi connectivity index (χ4v) is 3.12. The molecule has 0 aliphatic carbocycles. The van der Waals surface area contributed by atoms with E-state index < -0.39 is 0 Å². The predicted molar refractivity (Wildman–Crippen MR) is 74.2 cm³/mol. The van der Waals surface area contributed by atoms with Crippen LogP contribution < -0.4 is 0 Å². The van der Waals surface area contributed by atoms with Gasteiger partial charge in [0.25, 0.3) is 0 Å². The highest BCUT2D eigenvalue weighted by atomic mass is 79.9. The van der Waals surface area contributed by atoms with Gasteiger partial charge in [-0.05, 0) is 53.0 Å². The zero-order chi connectivity index (χ0) is 11.5. The molecule has 0 aliphatic heterocycles. The Morgan fingerprint density at radius 1 is 0.875 bits per heavy atom. The van der Waals surface area contributed by atoms with Gasteiger partial charge in [-0.3, -0.25) is 0 Å². The first-order valence-corrected chi connectivity index (χ1v) is 6.78. The summed E-state index contributed by atoms with van der Waals surface area (Å²) in [5.74, 6) is 0. The van der Waals surface area contributed by atoms with Crippen LogP contribution in [0, 0.1) is 13.8 Å². The molecule has 16 heavy (non-hydrogen) atoms. The molecule has 0 saturated carbocycles. The van der Waals surface area contributed by atoms with Gasteiger partial charge in [-0.15, -0.1) is 0 Å². The predicted octanol–water partition coefficient (Wildman–Crippen LogP) is 5.22. The normalized spacial score (nSPS) is 10.4. The molecule has 0 atom stereocenters. The van der Waals surface area contributed by atoms with Crippen molar-refractivity contribution in [3.63, 3.8) is 0 Å². The first kappa shape index (κ1) is 11.7. The molecular weight excluding hydrogens is 280 g/mol. The monoisotopic (exact) mass is 292 g/mol. The average molecular weight is 293 g/mol. The zero-order valence-corrected chi connectivity index (χ0v) is 11.7. The topological polar surface area (TPSA) is 0 Å². The summed E-state index contributed by atoms with van der Waals surface area (Å²) in [5, 5.41) is 0. The van der Waals surface area contributed by atoms with Gasteiger partial charge in [0.2, 0.25) is 0 Å². The van der Waals surface area contributed by atoms with Crippen LogP contribution in [0.4, 0.5) is 0 Å². The summed E-state index contributed by atoms with van der Waals surface area (Å²) >= 11 is 5.40. The summed E-state index contributed by atoms with van der Waals surface area (Å²) in [6.07, 6.45) is 0. The van der Waals surface area contributed by atoms with E-state index >= 15 is 0 Å². The van der Waals surface area contributed by atoms with E-state index in [-0.39, 0.29) is 0 Å². The van der Waals surface area contributed by atoms with Crippen LogP contribution in [0.2, 0.25) is 0 Å². The lowest BCUT2D eigenvalue weighted by Crippen LogP contribution is -1.85. The number of hydrogen-bond donors (Lipinski definition) is 0. The Labute approximate surface area is 109 Å². The van der Waals surface area contributed by atoms with Gasteiger partial charge in [0.15, 0.2) is 0 Å². The van der Waals surface area contributed by atoms with Gasteiger partial charge in [-0.1, -0.05) is 42.1 Å². The molecule has 0 N–H and O–H groups in total. The van der Waals surface area contributed by atoms with E-state index in [2.05, 4.69) is 66.2 Å². The lowest BCUT2D eigenvalue weighted by atomic mass is 10.2. The maximum absolute atomic E-state index is 3.58. The van der Waals surface area contributed by atoms with Crippen molar-refractivity contribution in [3.05, 3.63) is 58.1 Å². The third-order valence-electron chi connectivity index (χ3n) is 2.46. The largest absolute Gasteiger partial charge is 0.0884 e. The van der Waals surface area contributed by atoms with Gasteiger partial charge in [-0.25, -0.2) is 0 Å².